The Bertz CT molecular complexity index is 764. The average molecular weight is 297 g/mol. The molecule has 0 aliphatic heterocycles. The first-order chi connectivity index (χ1) is 9.38. The van der Waals surface area contributed by atoms with Gasteiger partial charge < -0.3 is 9.52 Å². The minimum Gasteiger partial charge on any atom is -0.423 e. The van der Waals surface area contributed by atoms with E-state index < -0.39 is 21.8 Å². The molecule has 0 amide bonds. The maximum absolute atomic E-state index is 12.0. The van der Waals surface area contributed by atoms with Crippen LogP contribution in [0.3, 0.4) is 0 Å². The lowest BCUT2D eigenvalue weighted by Crippen LogP contribution is -2.26. The van der Waals surface area contributed by atoms with E-state index >= 15 is 0 Å². The van der Waals surface area contributed by atoms with E-state index in [0.717, 1.165) is 0 Å². The highest BCUT2D eigenvalue weighted by atomic mass is 32.2. The Balaban J connectivity index is 2.28. The summed E-state index contributed by atoms with van der Waals surface area (Å²) >= 11 is 0. The molecule has 6 nitrogen and oxygen atoms in total. The van der Waals surface area contributed by atoms with Gasteiger partial charge in [-0.3, -0.25) is 0 Å². The summed E-state index contributed by atoms with van der Waals surface area (Å²) in [6, 6.07) is 6.99. The Labute approximate surface area is 116 Å². The molecular weight excluding hydrogens is 282 g/mol. The third kappa shape index (κ3) is 3.44. The first-order valence-corrected chi connectivity index (χ1v) is 7.58. The van der Waals surface area contributed by atoms with E-state index in [1.165, 1.54) is 30.3 Å². The van der Waals surface area contributed by atoms with Crippen LogP contribution in [0.15, 0.2) is 44.4 Å². The number of aliphatic hydroxyl groups is 1. The third-order valence-corrected chi connectivity index (χ3v) is 4.21. The Morgan fingerprint density at radius 2 is 2.05 bits per heavy atom. The largest absolute Gasteiger partial charge is 0.423 e. The van der Waals surface area contributed by atoms with Gasteiger partial charge in [-0.1, -0.05) is 0 Å². The smallest absolute Gasteiger partial charge is 0.336 e. The van der Waals surface area contributed by atoms with Gasteiger partial charge in [0.2, 0.25) is 10.0 Å². The molecule has 20 heavy (non-hydrogen) atoms. The van der Waals surface area contributed by atoms with Crippen molar-refractivity contribution in [3.8, 4) is 0 Å². The van der Waals surface area contributed by atoms with Gasteiger partial charge in [0.15, 0.2) is 0 Å². The lowest BCUT2D eigenvalue weighted by Gasteiger charge is -2.08. The maximum atomic E-state index is 12.0. The van der Waals surface area contributed by atoms with Gasteiger partial charge in [-0.25, -0.2) is 17.9 Å². The zero-order chi connectivity index (χ0) is 14.8. The van der Waals surface area contributed by atoms with Crippen molar-refractivity contribution in [1.82, 2.24) is 4.72 Å². The highest BCUT2D eigenvalue weighted by Gasteiger charge is 2.14. The first kappa shape index (κ1) is 14.7. The van der Waals surface area contributed by atoms with Crippen molar-refractivity contribution < 1.29 is 17.9 Å². The molecule has 2 rings (SSSR count). The number of nitrogens with one attached hydrogen (secondary N) is 1. The lowest BCUT2D eigenvalue weighted by atomic mass is 10.2. The fourth-order valence-corrected chi connectivity index (χ4v) is 2.79. The van der Waals surface area contributed by atoms with Crippen LogP contribution in [-0.4, -0.2) is 26.2 Å². The van der Waals surface area contributed by atoms with Gasteiger partial charge in [0.1, 0.15) is 5.58 Å². The van der Waals surface area contributed by atoms with Crippen LogP contribution in [0.2, 0.25) is 0 Å². The summed E-state index contributed by atoms with van der Waals surface area (Å²) in [6.07, 6.45) is -0.231. The molecule has 0 saturated heterocycles. The van der Waals surface area contributed by atoms with E-state index in [1.54, 1.807) is 6.92 Å². The van der Waals surface area contributed by atoms with Crippen molar-refractivity contribution in [2.45, 2.75) is 24.3 Å². The van der Waals surface area contributed by atoms with Crippen LogP contribution in [0.1, 0.15) is 13.3 Å². The molecule has 0 aliphatic rings. The minimum absolute atomic E-state index is 0.0874. The summed E-state index contributed by atoms with van der Waals surface area (Å²) in [5.74, 6) is 0. The van der Waals surface area contributed by atoms with Gasteiger partial charge >= 0.3 is 5.63 Å². The average Bonchev–Trinajstić information content (AvgIpc) is 2.37. The Morgan fingerprint density at radius 1 is 1.30 bits per heavy atom. The molecule has 1 heterocycles. The molecule has 0 fully saturated rings. The summed E-state index contributed by atoms with van der Waals surface area (Å²) in [5.41, 5.74) is -0.149. The number of hydrogen-bond acceptors (Lipinski definition) is 5. The molecule has 2 N–H and O–H groups in total. The van der Waals surface area contributed by atoms with Crippen molar-refractivity contribution >= 4 is 21.0 Å². The fraction of sp³-hybridized carbons (Fsp3) is 0.308. The predicted molar refractivity (Wildman–Crippen MR) is 74.0 cm³/mol. The molecule has 0 saturated carbocycles. The lowest BCUT2D eigenvalue weighted by molar-refractivity contribution is 0.186. The molecule has 1 aromatic heterocycles. The highest BCUT2D eigenvalue weighted by molar-refractivity contribution is 7.89. The molecule has 1 unspecified atom stereocenters. The number of sulfonamides is 1. The summed E-state index contributed by atoms with van der Waals surface area (Å²) in [6.45, 7) is 1.74. The molecular formula is C13H15NO5S. The second-order valence-corrected chi connectivity index (χ2v) is 6.26. The minimum atomic E-state index is -3.64. The number of rotatable bonds is 5. The number of aliphatic hydroxyl groups excluding tert-OH is 1. The molecule has 0 spiro atoms. The van der Waals surface area contributed by atoms with Crippen molar-refractivity contribution in [2.75, 3.05) is 6.54 Å². The fourth-order valence-electron chi connectivity index (χ4n) is 1.70. The van der Waals surface area contributed by atoms with Crippen molar-refractivity contribution in [2.24, 2.45) is 0 Å². The van der Waals surface area contributed by atoms with Gasteiger partial charge in [0, 0.05) is 18.0 Å². The summed E-state index contributed by atoms with van der Waals surface area (Å²) in [4.78, 5) is 11.1. The van der Waals surface area contributed by atoms with Crippen molar-refractivity contribution in [1.29, 1.82) is 0 Å². The standard InChI is InChI=1S/C13H15NO5S/c1-9(15)6-7-14-20(17,18)11-3-4-12-10(8-11)2-5-13(16)19-12/h2-5,8-9,14-15H,6-7H2,1H3. The van der Waals surface area contributed by atoms with Crippen LogP contribution in [-0.2, 0) is 10.0 Å². The van der Waals surface area contributed by atoms with Crippen molar-refractivity contribution in [3.63, 3.8) is 0 Å². The number of fused-ring (bicyclic) bond motifs is 1. The first-order valence-electron chi connectivity index (χ1n) is 6.10. The number of benzene rings is 1. The monoisotopic (exact) mass is 297 g/mol. The molecule has 0 radical (unpaired) electrons. The van der Waals surface area contributed by atoms with E-state index in [9.17, 15) is 13.2 Å². The molecule has 108 valence electrons. The van der Waals surface area contributed by atoms with E-state index in [2.05, 4.69) is 4.72 Å². The molecule has 0 bridgehead atoms. The zero-order valence-electron chi connectivity index (χ0n) is 10.9. The van der Waals surface area contributed by atoms with Crippen LogP contribution in [0.5, 0.6) is 0 Å². The van der Waals surface area contributed by atoms with Crippen LogP contribution < -0.4 is 10.3 Å². The van der Waals surface area contributed by atoms with E-state index in [1.807, 2.05) is 0 Å². The van der Waals surface area contributed by atoms with Crippen LogP contribution in [0, 0.1) is 0 Å². The predicted octanol–water partition coefficient (Wildman–Crippen LogP) is 0.842. The van der Waals surface area contributed by atoms with Gasteiger partial charge in [-0.2, -0.15) is 0 Å². The molecule has 2 aromatic rings. The maximum Gasteiger partial charge on any atom is 0.336 e. The van der Waals surface area contributed by atoms with Gasteiger partial charge in [-0.05, 0) is 37.6 Å². The Hall–Kier alpha value is -1.70. The van der Waals surface area contributed by atoms with E-state index in [0.29, 0.717) is 17.4 Å². The third-order valence-electron chi connectivity index (χ3n) is 2.76. The Kier molecular flexibility index (Phi) is 4.22. The summed E-state index contributed by atoms with van der Waals surface area (Å²) < 4.78 is 31.4. The summed E-state index contributed by atoms with van der Waals surface area (Å²) in [7, 11) is -3.64. The molecule has 1 aromatic carbocycles. The highest BCUT2D eigenvalue weighted by Crippen LogP contribution is 2.17. The van der Waals surface area contributed by atoms with Gasteiger partial charge in [0.25, 0.3) is 0 Å². The molecule has 0 aliphatic carbocycles. The zero-order valence-corrected chi connectivity index (χ0v) is 11.7. The summed E-state index contributed by atoms with van der Waals surface area (Å²) in [5, 5.41) is 9.64. The SMILES string of the molecule is CC(O)CCNS(=O)(=O)c1ccc2oc(=O)ccc2c1. The Morgan fingerprint density at radius 3 is 2.75 bits per heavy atom. The topological polar surface area (TPSA) is 96.6 Å². The molecule has 1 atom stereocenters. The van der Waals surface area contributed by atoms with Gasteiger partial charge in [0.05, 0.1) is 11.0 Å². The van der Waals surface area contributed by atoms with Crippen LogP contribution in [0.25, 0.3) is 11.0 Å². The second-order valence-electron chi connectivity index (χ2n) is 4.49. The quantitative estimate of drug-likeness (QED) is 0.797. The van der Waals surface area contributed by atoms with E-state index in [-0.39, 0.29) is 11.4 Å². The normalized spacial score (nSPS) is 13.5. The number of hydrogen-bond donors (Lipinski definition) is 2. The van der Waals surface area contributed by atoms with Crippen LogP contribution in [0.4, 0.5) is 0 Å². The van der Waals surface area contributed by atoms with E-state index in [4.69, 9.17) is 9.52 Å². The molecule has 7 heteroatoms. The van der Waals surface area contributed by atoms with Crippen LogP contribution >= 0.6 is 0 Å². The van der Waals surface area contributed by atoms with Gasteiger partial charge in [-0.15, -0.1) is 0 Å². The van der Waals surface area contributed by atoms with Crippen molar-refractivity contribution in [3.05, 3.63) is 40.8 Å². The second kappa shape index (κ2) is 5.74.